The zero-order valence-corrected chi connectivity index (χ0v) is 11.7. The third kappa shape index (κ3) is 3.95. The van der Waals surface area contributed by atoms with Gasteiger partial charge in [-0.1, -0.05) is 12.1 Å². The van der Waals surface area contributed by atoms with Crippen molar-refractivity contribution in [1.29, 1.82) is 0 Å². The summed E-state index contributed by atoms with van der Waals surface area (Å²) in [6, 6.07) is 5.61. The first-order chi connectivity index (χ1) is 9.97. The number of aromatic hydroxyl groups is 1. The Bertz CT molecular complexity index is 515. The second kappa shape index (κ2) is 6.58. The standard InChI is InChI=1S/C15H20N2O4/c16-13(8-10-3-5-12(18)6-4-10)15(21)17-7-1-2-11(17)9-14(19)20/h3-6,11,13,18H,1-2,7-9,16H2,(H,19,20)/t11?,13-/m0/s1. The smallest absolute Gasteiger partial charge is 0.305 e. The number of nitrogens with zero attached hydrogens (tertiary/aromatic N) is 1. The van der Waals surface area contributed by atoms with Gasteiger partial charge in [0.15, 0.2) is 0 Å². The molecule has 0 aromatic heterocycles. The number of carboxylic acid groups (broad SMARTS) is 1. The molecule has 0 saturated carbocycles. The number of hydrogen-bond donors (Lipinski definition) is 3. The summed E-state index contributed by atoms with van der Waals surface area (Å²) in [4.78, 5) is 24.8. The molecule has 0 bridgehead atoms. The fourth-order valence-corrected chi connectivity index (χ4v) is 2.73. The van der Waals surface area contributed by atoms with Gasteiger partial charge in [0.05, 0.1) is 12.5 Å². The lowest BCUT2D eigenvalue weighted by molar-refractivity contribution is -0.140. The number of amides is 1. The highest BCUT2D eigenvalue weighted by Crippen LogP contribution is 2.21. The third-order valence-corrected chi connectivity index (χ3v) is 3.78. The van der Waals surface area contributed by atoms with E-state index in [1.165, 1.54) is 0 Å². The van der Waals surface area contributed by atoms with Gasteiger partial charge in [-0.2, -0.15) is 0 Å². The van der Waals surface area contributed by atoms with Crippen molar-refractivity contribution < 1.29 is 19.8 Å². The van der Waals surface area contributed by atoms with E-state index in [-0.39, 0.29) is 24.1 Å². The molecule has 6 nitrogen and oxygen atoms in total. The number of phenolic OH excluding ortho intramolecular Hbond substituents is 1. The van der Waals surface area contributed by atoms with Crippen molar-refractivity contribution >= 4 is 11.9 Å². The number of carbonyl (C=O) groups is 2. The summed E-state index contributed by atoms with van der Waals surface area (Å²) in [6.07, 6.45) is 1.87. The van der Waals surface area contributed by atoms with Crippen LogP contribution < -0.4 is 5.73 Å². The van der Waals surface area contributed by atoms with Gasteiger partial charge in [0.2, 0.25) is 5.91 Å². The number of benzene rings is 1. The molecule has 0 spiro atoms. The summed E-state index contributed by atoms with van der Waals surface area (Å²) >= 11 is 0. The summed E-state index contributed by atoms with van der Waals surface area (Å²) in [5.41, 5.74) is 6.82. The Morgan fingerprint density at radius 2 is 2.00 bits per heavy atom. The van der Waals surface area contributed by atoms with E-state index in [2.05, 4.69) is 0 Å². The van der Waals surface area contributed by atoms with Gasteiger partial charge in [-0.25, -0.2) is 0 Å². The van der Waals surface area contributed by atoms with Crippen LogP contribution in [0, 0.1) is 0 Å². The summed E-state index contributed by atoms with van der Waals surface area (Å²) in [5.74, 6) is -0.932. The molecule has 1 fully saturated rings. The molecule has 2 rings (SSSR count). The first-order valence-corrected chi connectivity index (χ1v) is 7.03. The van der Waals surface area contributed by atoms with Crippen molar-refractivity contribution in [2.75, 3.05) is 6.54 Å². The molecule has 1 aromatic carbocycles. The van der Waals surface area contributed by atoms with Gasteiger partial charge in [-0.15, -0.1) is 0 Å². The topological polar surface area (TPSA) is 104 Å². The molecular formula is C15H20N2O4. The number of hydrogen-bond acceptors (Lipinski definition) is 4. The van der Waals surface area contributed by atoms with Crippen LogP contribution in [0.3, 0.4) is 0 Å². The van der Waals surface area contributed by atoms with E-state index < -0.39 is 12.0 Å². The van der Waals surface area contributed by atoms with Gasteiger partial charge in [0, 0.05) is 12.6 Å². The highest BCUT2D eigenvalue weighted by atomic mass is 16.4. The number of nitrogens with two attached hydrogens (primary N) is 1. The average Bonchev–Trinajstić information content (AvgIpc) is 2.87. The van der Waals surface area contributed by atoms with E-state index in [4.69, 9.17) is 10.8 Å². The van der Waals surface area contributed by atoms with Gasteiger partial charge < -0.3 is 20.8 Å². The molecule has 1 amide bonds. The molecule has 6 heteroatoms. The Kier molecular flexibility index (Phi) is 4.80. The maximum atomic E-state index is 12.4. The van der Waals surface area contributed by atoms with Gasteiger partial charge in [0.1, 0.15) is 5.75 Å². The third-order valence-electron chi connectivity index (χ3n) is 3.78. The minimum atomic E-state index is -0.896. The molecule has 1 aromatic rings. The molecular weight excluding hydrogens is 272 g/mol. The van der Waals surface area contributed by atoms with E-state index in [1.807, 2.05) is 0 Å². The van der Waals surface area contributed by atoms with Crippen LogP contribution in [-0.2, 0) is 16.0 Å². The molecule has 1 aliphatic heterocycles. The number of rotatable bonds is 5. The normalized spacial score (nSPS) is 19.5. The molecule has 0 radical (unpaired) electrons. The molecule has 4 N–H and O–H groups in total. The van der Waals surface area contributed by atoms with Crippen LogP contribution in [0.25, 0.3) is 0 Å². The number of carboxylic acids is 1. The summed E-state index contributed by atoms with van der Waals surface area (Å²) in [7, 11) is 0. The largest absolute Gasteiger partial charge is 0.508 e. The first kappa shape index (κ1) is 15.3. The predicted molar refractivity (Wildman–Crippen MR) is 76.8 cm³/mol. The van der Waals surface area contributed by atoms with Crippen LogP contribution in [0.4, 0.5) is 0 Å². The Morgan fingerprint density at radius 1 is 1.33 bits per heavy atom. The van der Waals surface area contributed by atoms with Crippen molar-refractivity contribution in [3.63, 3.8) is 0 Å². The first-order valence-electron chi connectivity index (χ1n) is 7.03. The van der Waals surface area contributed by atoms with Gasteiger partial charge in [0.25, 0.3) is 0 Å². The van der Waals surface area contributed by atoms with Crippen LogP contribution in [0.5, 0.6) is 5.75 Å². The maximum Gasteiger partial charge on any atom is 0.305 e. The fraction of sp³-hybridized carbons (Fsp3) is 0.467. The van der Waals surface area contributed by atoms with E-state index in [9.17, 15) is 14.7 Å². The minimum absolute atomic E-state index is 0.0301. The van der Waals surface area contributed by atoms with Crippen molar-refractivity contribution in [2.24, 2.45) is 5.73 Å². The van der Waals surface area contributed by atoms with E-state index in [1.54, 1.807) is 29.2 Å². The van der Waals surface area contributed by atoms with Gasteiger partial charge in [-0.3, -0.25) is 9.59 Å². The van der Waals surface area contributed by atoms with Crippen molar-refractivity contribution in [2.45, 2.75) is 37.8 Å². The second-order valence-corrected chi connectivity index (χ2v) is 5.40. The zero-order valence-electron chi connectivity index (χ0n) is 11.7. The lowest BCUT2D eigenvalue weighted by atomic mass is 10.0. The quantitative estimate of drug-likeness (QED) is 0.742. The molecule has 1 unspecified atom stereocenters. The fourth-order valence-electron chi connectivity index (χ4n) is 2.73. The highest BCUT2D eigenvalue weighted by Gasteiger charge is 2.32. The van der Waals surface area contributed by atoms with Crippen molar-refractivity contribution in [3.05, 3.63) is 29.8 Å². The molecule has 1 saturated heterocycles. The van der Waals surface area contributed by atoms with E-state index in [0.717, 1.165) is 12.0 Å². The minimum Gasteiger partial charge on any atom is -0.508 e. The molecule has 21 heavy (non-hydrogen) atoms. The molecule has 1 aliphatic rings. The number of phenols is 1. The Morgan fingerprint density at radius 3 is 2.62 bits per heavy atom. The van der Waals surface area contributed by atoms with E-state index in [0.29, 0.717) is 19.4 Å². The Hall–Kier alpha value is -2.08. The average molecular weight is 292 g/mol. The monoisotopic (exact) mass is 292 g/mol. The number of likely N-dealkylation sites (tertiary alicyclic amines) is 1. The van der Waals surface area contributed by atoms with Crippen LogP contribution in [0.15, 0.2) is 24.3 Å². The zero-order chi connectivity index (χ0) is 15.4. The van der Waals surface area contributed by atoms with E-state index >= 15 is 0 Å². The van der Waals surface area contributed by atoms with Crippen LogP contribution in [0.2, 0.25) is 0 Å². The molecule has 2 atom stereocenters. The molecule has 0 aliphatic carbocycles. The van der Waals surface area contributed by atoms with Crippen molar-refractivity contribution in [3.8, 4) is 5.75 Å². The SMILES string of the molecule is N[C@@H](Cc1ccc(O)cc1)C(=O)N1CCCC1CC(=O)O. The summed E-state index contributed by atoms with van der Waals surface area (Å²) in [6.45, 7) is 0.570. The second-order valence-electron chi connectivity index (χ2n) is 5.40. The molecule has 1 heterocycles. The molecule has 114 valence electrons. The Labute approximate surface area is 123 Å². The number of carbonyl (C=O) groups excluding carboxylic acids is 1. The van der Waals surface area contributed by atoms with Crippen molar-refractivity contribution in [1.82, 2.24) is 4.90 Å². The Balaban J connectivity index is 1.98. The predicted octanol–water partition coefficient (Wildman–Crippen LogP) is 0.728. The number of aliphatic carboxylic acids is 1. The lowest BCUT2D eigenvalue weighted by Gasteiger charge is -2.26. The highest BCUT2D eigenvalue weighted by molar-refractivity contribution is 5.83. The maximum absolute atomic E-state index is 12.4. The van der Waals surface area contributed by atoms with Gasteiger partial charge >= 0.3 is 5.97 Å². The summed E-state index contributed by atoms with van der Waals surface area (Å²) < 4.78 is 0. The van der Waals surface area contributed by atoms with Crippen LogP contribution >= 0.6 is 0 Å². The van der Waals surface area contributed by atoms with Crippen LogP contribution in [-0.4, -0.2) is 45.6 Å². The summed E-state index contributed by atoms with van der Waals surface area (Å²) in [5, 5.41) is 18.1. The van der Waals surface area contributed by atoms with Crippen LogP contribution in [0.1, 0.15) is 24.8 Å². The lowest BCUT2D eigenvalue weighted by Crippen LogP contribution is -2.47. The van der Waals surface area contributed by atoms with Gasteiger partial charge in [-0.05, 0) is 37.0 Å².